The van der Waals surface area contributed by atoms with Gasteiger partial charge in [0.1, 0.15) is 33.8 Å². The smallest absolute Gasteiger partial charge is 0.198 e. The number of rotatable bonds is 3. The molecule has 7 heterocycles. The van der Waals surface area contributed by atoms with Crippen molar-refractivity contribution >= 4 is 128 Å². The second-order valence-electron chi connectivity index (χ2n) is 21.6. The topological polar surface area (TPSA) is 51.2 Å². The molecule has 14 aromatic rings. The van der Waals surface area contributed by atoms with Crippen molar-refractivity contribution in [3.8, 4) is 45.3 Å². The number of nitrogens with zero attached hydrogens (tertiary/aromatic N) is 2. The average molecular weight is 1000 g/mol. The van der Waals surface area contributed by atoms with Gasteiger partial charge in [-0.15, -0.1) is 0 Å². The number of hydrogen-bond acceptors (Lipinski definition) is 6. The molecule has 0 spiro atoms. The van der Waals surface area contributed by atoms with Crippen molar-refractivity contribution in [2.24, 2.45) is 0 Å². The molecular weight excluding hydrogens is 961 g/mol. The molecule has 77 heavy (non-hydrogen) atoms. The summed E-state index contributed by atoms with van der Waals surface area (Å²) >= 11 is 0. The van der Waals surface area contributed by atoms with Gasteiger partial charge in [0.05, 0.1) is 17.1 Å². The third-order valence-corrected chi connectivity index (χ3v) is 22.5. The Morgan fingerprint density at radius 2 is 0.922 bits per heavy atom. The maximum absolute atomic E-state index is 7.83. The number of benzene rings is 12. The zero-order valence-electron chi connectivity index (χ0n) is 41.4. The van der Waals surface area contributed by atoms with Gasteiger partial charge < -0.3 is 28.1 Å². The Morgan fingerprint density at radius 1 is 0.390 bits per heavy atom. The predicted molar refractivity (Wildman–Crippen MR) is 315 cm³/mol. The van der Waals surface area contributed by atoms with Crippen LogP contribution in [0.15, 0.2) is 221 Å². The first-order chi connectivity index (χ1) is 38.0. The normalized spacial score (nSPS) is 15.8. The molecule has 7 heteroatoms. The minimum atomic E-state index is -3.36. The molecule has 0 radical (unpaired) electrons. The summed E-state index contributed by atoms with van der Waals surface area (Å²) < 4.78 is 28.5. The monoisotopic (exact) mass is 1000 g/mol. The van der Waals surface area contributed by atoms with Gasteiger partial charge >= 0.3 is 0 Å². The fraction of sp³-hybridized carbons (Fsp3) is 0.0286. The molecule has 6 nitrogen and oxygen atoms in total. The van der Waals surface area contributed by atoms with Crippen LogP contribution in [0.3, 0.4) is 0 Å². The van der Waals surface area contributed by atoms with E-state index >= 15 is 0 Å². The summed E-state index contributed by atoms with van der Waals surface area (Å²) in [5, 5.41) is 14.2. The molecule has 1 atom stereocenters. The first kappa shape index (κ1) is 40.5. The maximum atomic E-state index is 7.83. The van der Waals surface area contributed by atoms with Crippen molar-refractivity contribution in [3.63, 3.8) is 0 Å². The molecule has 19 rings (SSSR count). The van der Waals surface area contributed by atoms with Crippen LogP contribution in [-0.4, -0.2) is 8.07 Å². The minimum absolute atomic E-state index is 0.764. The molecule has 12 aromatic carbocycles. The lowest BCUT2D eigenvalue weighted by molar-refractivity contribution is 0.469. The number of furan rings is 2. The Balaban J connectivity index is 0.948. The van der Waals surface area contributed by atoms with Crippen molar-refractivity contribution in [1.82, 2.24) is 0 Å². The Bertz CT molecular complexity index is 4780. The fourth-order valence-corrected chi connectivity index (χ4v) is 20.0. The summed E-state index contributed by atoms with van der Waals surface area (Å²) in [7, 11) is -3.36. The van der Waals surface area contributed by atoms with Gasteiger partial charge in [0, 0.05) is 66.2 Å². The Hall–Kier alpha value is -9.82. The van der Waals surface area contributed by atoms with Crippen LogP contribution in [0.2, 0.25) is 0 Å². The van der Waals surface area contributed by atoms with Gasteiger partial charge in [-0.05, 0) is 158 Å². The number of hydrogen-bond donors (Lipinski definition) is 0. The molecule has 358 valence electrons. The third-order valence-electron chi connectivity index (χ3n) is 17.5. The summed E-state index contributed by atoms with van der Waals surface area (Å²) in [5.74, 6) is 3.39. The van der Waals surface area contributed by atoms with Crippen molar-refractivity contribution in [2.75, 3.05) is 9.80 Å². The van der Waals surface area contributed by atoms with Gasteiger partial charge in [-0.25, -0.2) is 0 Å². The molecule has 0 saturated heterocycles. The van der Waals surface area contributed by atoms with Crippen LogP contribution in [-0.2, 0) is 6.42 Å². The zero-order valence-corrected chi connectivity index (χ0v) is 42.4. The molecule has 0 amide bonds. The van der Waals surface area contributed by atoms with E-state index in [4.69, 9.17) is 18.3 Å². The van der Waals surface area contributed by atoms with E-state index in [9.17, 15) is 0 Å². The van der Waals surface area contributed by atoms with Crippen molar-refractivity contribution in [3.05, 3.63) is 229 Å². The summed E-state index contributed by atoms with van der Waals surface area (Å²) in [6.45, 7) is 2.26. The fourth-order valence-electron chi connectivity index (χ4n) is 14.4. The predicted octanol–water partition coefficient (Wildman–Crippen LogP) is 16.5. The first-order valence-corrected chi connectivity index (χ1v) is 28.5. The number of fused-ring (bicyclic) bond motifs is 14. The maximum Gasteiger partial charge on any atom is 0.198 e. The van der Waals surface area contributed by atoms with Gasteiger partial charge in [0.2, 0.25) is 0 Å². The van der Waals surface area contributed by atoms with Crippen LogP contribution in [0.25, 0.3) is 87.7 Å². The van der Waals surface area contributed by atoms with Gasteiger partial charge in [0.15, 0.2) is 19.6 Å². The standard InChI is InChI=1S/C70H40N2O4Si/c1-38-27-56-68-57(28-38)72-55-21-11-12-22-60(55)76-67-48(44-24-26-59-50(32-44)52-30-40-14-6-8-16-42(40)35-62(52)74-59)37-64-70(66(67)72)77(68,46-18-3-2-4-19-46)69-63(75-64)36-47(53-33-45-17-9-10-20-54(45)71(56)65(53)69)43-23-25-58-49(31-43)51-29-39-13-5-7-15-41(39)34-61(51)73-58/h2-32,34-37H,33H2,1H3. The molecule has 5 aliphatic rings. The second kappa shape index (κ2) is 14.1. The summed E-state index contributed by atoms with van der Waals surface area (Å²) in [6, 6.07) is 77.9. The highest BCUT2D eigenvalue weighted by molar-refractivity contribution is 7.24. The Labute approximate surface area is 441 Å². The van der Waals surface area contributed by atoms with E-state index in [-0.39, 0.29) is 0 Å². The van der Waals surface area contributed by atoms with Crippen LogP contribution in [0.5, 0.6) is 23.0 Å². The molecule has 2 aromatic heterocycles. The molecule has 0 N–H and O–H groups in total. The van der Waals surface area contributed by atoms with Gasteiger partial charge in [-0.2, -0.15) is 0 Å². The SMILES string of the molecule is Cc1cc2c3c(c1)N1c4ccccc4Oc4c(-c5ccc6oc7cc8ccccc8cc7c6c5)cc5c(c41)[Si]3(c1ccccc1)c1c(cc(-c3ccc4oc6cc7ccccc7cc6c4c3)c3c1N2c1ccccc1C3)O5. The van der Waals surface area contributed by atoms with Crippen LogP contribution < -0.4 is 40.0 Å². The van der Waals surface area contributed by atoms with Gasteiger partial charge in [-0.1, -0.05) is 121 Å². The molecular formula is C70H40N2O4Si. The van der Waals surface area contributed by atoms with Crippen LogP contribution >= 0.6 is 0 Å². The van der Waals surface area contributed by atoms with E-state index < -0.39 is 8.07 Å². The van der Waals surface area contributed by atoms with Crippen LogP contribution in [0.1, 0.15) is 16.7 Å². The minimum Gasteiger partial charge on any atom is -0.457 e. The quantitative estimate of drug-likeness (QED) is 0.164. The summed E-state index contributed by atoms with van der Waals surface area (Å²) in [6.07, 6.45) is 0.764. The highest BCUT2D eigenvalue weighted by atomic mass is 28.3. The Morgan fingerprint density at radius 3 is 1.60 bits per heavy atom. The lowest BCUT2D eigenvalue weighted by Crippen LogP contribution is -2.81. The highest BCUT2D eigenvalue weighted by Gasteiger charge is 2.62. The molecule has 0 saturated carbocycles. The van der Waals surface area contributed by atoms with E-state index in [1.165, 1.54) is 76.3 Å². The molecule has 1 unspecified atom stereocenters. The summed E-state index contributed by atoms with van der Waals surface area (Å²) in [4.78, 5) is 5.13. The molecule has 5 aliphatic heterocycles. The third kappa shape index (κ3) is 5.06. The van der Waals surface area contributed by atoms with E-state index in [0.29, 0.717) is 0 Å². The lowest BCUT2D eigenvalue weighted by Gasteiger charge is -2.55. The van der Waals surface area contributed by atoms with E-state index in [2.05, 4.69) is 229 Å². The number of para-hydroxylation sites is 3. The van der Waals surface area contributed by atoms with E-state index in [1.54, 1.807) is 0 Å². The molecule has 0 bridgehead atoms. The van der Waals surface area contributed by atoms with Crippen molar-refractivity contribution in [1.29, 1.82) is 0 Å². The Kier molecular flexibility index (Phi) is 7.43. The van der Waals surface area contributed by atoms with Crippen molar-refractivity contribution < 1.29 is 18.3 Å². The summed E-state index contributed by atoms with van der Waals surface area (Å²) in [5.41, 5.74) is 18.4. The average Bonchev–Trinajstić information content (AvgIpc) is 3.02. The first-order valence-electron chi connectivity index (χ1n) is 26.5. The van der Waals surface area contributed by atoms with E-state index in [1.807, 2.05) is 0 Å². The lowest BCUT2D eigenvalue weighted by atomic mass is 9.87. The molecule has 0 fully saturated rings. The highest BCUT2D eigenvalue weighted by Crippen LogP contribution is 2.62. The van der Waals surface area contributed by atoms with Crippen LogP contribution in [0, 0.1) is 6.92 Å². The van der Waals surface area contributed by atoms with E-state index in [0.717, 1.165) is 112 Å². The number of ether oxygens (including phenoxy) is 2. The second-order valence-corrected chi connectivity index (χ2v) is 25.1. The number of anilines is 6. The zero-order chi connectivity index (χ0) is 50.0. The van der Waals surface area contributed by atoms with Gasteiger partial charge in [0.25, 0.3) is 0 Å². The number of aryl methyl sites for hydroxylation is 1. The van der Waals surface area contributed by atoms with Gasteiger partial charge in [-0.3, -0.25) is 0 Å². The van der Waals surface area contributed by atoms with Crippen LogP contribution in [0.4, 0.5) is 34.1 Å². The molecule has 0 aliphatic carbocycles. The van der Waals surface area contributed by atoms with Crippen molar-refractivity contribution in [2.45, 2.75) is 13.3 Å². The largest absolute Gasteiger partial charge is 0.457 e.